The van der Waals surface area contributed by atoms with Crippen LogP contribution in [0, 0.1) is 6.92 Å². The summed E-state index contributed by atoms with van der Waals surface area (Å²) in [4.78, 5) is 6.09. The molecule has 0 aliphatic rings. The van der Waals surface area contributed by atoms with Crippen molar-refractivity contribution in [2.24, 2.45) is 0 Å². The van der Waals surface area contributed by atoms with Gasteiger partial charge in [-0.05, 0) is 30.4 Å². The Balaban J connectivity index is 1.81. The Hall–Kier alpha value is -2.13. The molecule has 25 heavy (non-hydrogen) atoms. The Labute approximate surface area is 155 Å². The minimum atomic E-state index is 0.174. The normalized spacial score (nSPS) is 12.8. The summed E-state index contributed by atoms with van der Waals surface area (Å²) in [5.74, 6) is 0. The first kappa shape index (κ1) is 17.7. The van der Waals surface area contributed by atoms with Gasteiger partial charge in [-0.3, -0.25) is 0 Å². The maximum atomic E-state index is 4.84. The number of rotatable bonds is 4. The van der Waals surface area contributed by atoms with E-state index in [1.807, 2.05) is 6.07 Å². The quantitative estimate of drug-likeness (QED) is 0.574. The third kappa shape index (κ3) is 4.10. The smallest absolute Gasteiger partial charge is 0.183 e. The molecule has 0 unspecified atom stereocenters. The van der Waals surface area contributed by atoms with E-state index in [1.165, 1.54) is 21.6 Å². The Morgan fingerprint density at radius 3 is 2.20 bits per heavy atom. The lowest BCUT2D eigenvalue weighted by atomic mass is 9.86. The van der Waals surface area contributed by atoms with Crippen LogP contribution in [0.2, 0.25) is 0 Å². The summed E-state index contributed by atoms with van der Waals surface area (Å²) >= 11 is 1.72. The van der Waals surface area contributed by atoms with E-state index in [1.54, 1.807) is 11.3 Å². The summed E-state index contributed by atoms with van der Waals surface area (Å²) in [6.07, 6.45) is 0. The Kier molecular flexibility index (Phi) is 4.96. The maximum Gasteiger partial charge on any atom is 0.183 e. The van der Waals surface area contributed by atoms with Crippen molar-refractivity contribution in [2.75, 3.05) is 5.32 Å². The zero-order chi connectivity index (χ0) is 18.0. The van der Waals surface area contributed by atoms with Crippen LogP contribution in [-0.4, -0.2) is 4.98 Å². The Bertz CT molecular complexity index is 827. The molecule has 1 aromatic heterocycles. The van der Waals surface area contributed by atoms with Crippen molar-refractivity contribution in [1.29, 1.82) is 0 Å². The van der Waals surface area contributed by atoms with E-state index < -0.39 is 0 Å². The van der Waals surface area contributed by atoms with Crippen LogP contribution in [0.15, 0.2) is 54.6 Å². The number of nitrogens with one attached hydrogen (secondary N) is 1. The van der Waals surface area contributed by atoms with Gasteiger partial charge in [0.2, 0.25) is 0 Å². The summed E-state index contributed by atoms with van der Waals surface area (Å²) in [5.41, 5.74) is 5.05. The molecule has 1 atom stereocenters. The third-order valence-corrected chi connectivity index (χ3v) is 5.36. The largest absolute Gasteiger partial charge is 0.355 e. The van der Waals surface area contributed by atoms with Gasteiger partial charge in [0, 0.05) is 10.4 Å². The number of benzene rings is 2. The maximum absolute atomic E-state index is 4.84. The second-order valence-corrected chi connectivity index (χ2v) is 8.73. The van der Waals surface area contributed by atoms with Crippen LogP contribution in [0.4, 0.5) is 5.13 Å². The number of hydrogen-bond donors (Lipinski definition) is 1. The molecule has 0 saturated carbocycles. The van der Waals surface area contributed by atoms with E-state index in [2.05, 4.69) is 88.5 Å². The summed E-state index contributed by atoms with van der Waals surface area (Å²) < 4.78 is 0. The van der Waals surface area contributed by atoms with Crippen molar-refractivity contribution >= 4 is 16.5 Å². The van der Waals surface area contributed by atoms with Crippen LogP contribution in [0.3, 0.4) is 0 Å². The minimum Gasteiger partial charge on any atom is -0.355 e. The number of nitrogens with zero attached hydrogens (tertiary/aromatic N) is 1. The molecule has 2 nitrogen and oxygen atoms in total. The number of anilines is 1. The number of aromatic nitrogens is 1. The lowest BCUT2D eigenvalue weighted by Gasteiger charge is -2.19. The average Bonchev–Trinajstić information content (AvgIpc) is 2.95. The first-order valence-electron chi connectivity index (χ1n) is 8.74. The fraction of sp³-hybridized carbons (Fsp3) is 0.318. The van der Waals surface area contributed by atoms with E-state index in [-0.39, 0.29) is 11.5 Å². The van der Waals surface area contributed by atoms with E-state index in [0.717, 1.165) is 10.8 Å². The van der Waals surface area contributed by atoms with Crippen molar-refractivity contribution < 1.29 is 0 Å². The first-order chi connectivity index (χ1) is 11.8. The minimum absolute atomic E-state index is 0.174. The number of hydrogen-bond acceptors (Lipinski definition) is 3. The summed E-state index contributed by atoms with van der Waals surface area (Å²) in [6.45, 7) is 11.0. The van der Waals surface area contributed by atoms with Gasteiger partial charge in [-0.1, -0.05) is 75.4 Å². The lowest BCUT2D eigenvalue weighted by molar-refractivity contribution is 0.590. The highest BCUT2D eigenvalue weighted by Crippen LogP contribution is 2.33. The fourth-order valence-corrected chi connectivity index (χ4v) is 3.79. The fourth-order valence-electron chi connectivity index (χ4n) is 2.86. The molecular formula is C22H26N2S. The third-order valence-electron chi connectivity index (χ3n) is 4.46. The molecule has 3 rings (SSSR count). The van der Waals surface area contributed by atoms with Gasteiger partial charge in [-0.25, -0.2) is 4.98 Å². The van der Waals surface area contributed by atoms with E-state index in [0.29, 0.717) is 0 Å². The molecule has 2 aromatic carbocycles. The second-order valence-electron chi connectivity index (χ2n) is 7.53. The molecule has 1 N–H and O–H groups in total. The van der Waals surface area contributed by atoms with E-state index >= 15 is 0 Å². The standard InChI is InChI=1S/C22H26N2S/c1-15(17-9-7-6-8-10-17)23-21-24-20(16(2)25-21)18-11-13-19(14-12-18)22(3,4)5/h6-15H,1-5H3,(H,23,24)/t15-/m1/s1. The van der Waals surface area contributed by atoms with Crippen molar-refractivity contribution in [2.45, 2.75) is 46.1 Å². The predicted octanol–water partition coefficient (Wildman–Crippen LogP) is 6.59. The summed E-state index contributed by atoms with van der Waals surface area (Å²) in [7, 11) is 0. The summed E-state index contributed by atoms with van der Waals surface area (Å²) in [6, 6.07) is 19.5. The van der Waals surface area contributed by atoms with Gasteiger partial charge in [0.1, 0.15) is 0 Å². The van der Waals surface area contributed by atoms with E-state index in [9.17, 15) is 0 Å². The molecule has 130 valence electrons. The number of thiazole rings is 1. The van der Waals surface area contributed by atoms with Gasteiger partial charge in [-0.15, -0.1) is 11.3 Å². The topological polar surface area (TPSA) is 24.9 Å². The number of aryl methyl sites for hydroxylation is 1. The molecular weight excluding hydrogens is 324 g/mol. The van der Waals surface area contributed by atoms with Crippen LogP contribution in [0.5, 0.6) is 0 Å². The second kappa shape index (κ2) is 7.01. The van der Waals surface area contributed by atoms with Crippen molar-refractivity contribution in [3.63, 3.8) is 0 Å². The Morgan fingerprint density at radius 1 is 0.960 bits per heavy atom. The molecule has 0 aliphatic heterocycles. The summed E-state index contributed by atoms with van der Waals surface area (Å²) in [5, 5.41) is 4.51. The van der Waals surface area contributed by atoms with Gasteiger partial charge >= 0.3 is 0 Å². The molecule has 0 spiro atoms. The van der Waals surface area contributed by atoms with Gasteiger partial charge in [0.05, 0.1) is 11.7 Å². The highest BCUT2D eigenvalue weighted by atomic mass is 32.1. The molecule has 0 bridgehead atoms. The molecule has 0 aliphatic carbocycles. The van der Waals surface area contributed by atoms with Crippen LogP contribution in [0.1, 0.15) is 49.7 Å². The van der Waals surface area contributed by atoms with Gasteiger partial charge in [0.25, 0.3) is 0 Å². The molecule has 0 saturated heterocycles. The molecule has 0 fully saturated rings. The molecule has 0 radical (unpaired) electrons. The molecule has 3 aromatic rings. The van der Waals surface area contributed by atoms with Gasteiger partial charge in [0.15, 0.2) is 5.13 Å². The molecule has 1 heterocycles. The zero-order valence-corrected chi connectivity index (χ0v) is 16.4. The van der Waals surface area contributed by atoms with Crippen LogP contribution >= 0.6 is 11.3 Å². The zero-order valence-electron chi connectivity index (χ0n) is 15.6. The highest BCUT2D eigenvalue weighted by molar-refractivity contribution is 7.16. The van der Waals surface area contributed by atoms with Crippen molar-refractivity contribution in [3.8, 4) is 11.3 Å². The Morgan fingerprint density at radius 2 is 1.60 bits per heavy atom. The highest BCUT2D eigenvalue weighted by Gasteiger charge is 2.15. The van der Waals surface area contributed by atoms with Crippen LogP contribution in [-0.2, 0) is 5.41 Å². The monoisotopic (exact) mass is 350 g/mol. The molecule has 3 heteroatoms. The van der Waals surface area contributed by atoms with Crippen molar-refractivity contribution in [1.82, 2.24) is 4.98 Å². The predicted molar refractivity (Wildman–Crippen MR) is 109 cm³/mol. The van der Waals surface area contributed by atoms with Crippen LogP contribution < -0.4 is 5.32 Å². The average molecular weight is 351 g/mol. The van der Waals surface area contributed by atoms with Crippen LogP contribution in [0.25, 0.3) is 11.3 Å². The van der Waals surface area contributed by atoms with E-state index in [4.69, 9.17) is 4.98 Å². The first-order valence-corrected chi connectivity index (χ1v) is 9.56. The van der Waals surface area contributed by atoms with Gasteiger partial charge in [-0.2, -0.15) is 0 Å². The molecule has 0 amide bonds. The lowest BCUT2D eigenvalue weighted by Crippen LogP contribution is -2.10. The SMILES string of the molecule is Cc1sc(N[C@H](C)c2ccccc2)nc1-c1ccc(C(C)(C)C)cc1. The van der Waals surface area contributed by atoms with Gasteiger partial charge < -0.3 is 5.32 Å². The van der Waals surface area contributed by atoms with Crippen molar-refractivity contribution in [3.05, 3.63) is 70.6 Å².